The SMILES string of the molecule is C=Cc1ccc2c(ccc3c4cc(C)ccc4ccc23)c1C=C. The number of fused-ring (bicyclic) bond motifs is 5. The third-order valence-corrected chi connectivity index (χ3v) is 4.67. The number of aryl methyl sites for hydroxylation is 1. The van der Waals surface area contributed by atoms with Crippen molar-refractivity contribution in [1.82, 2.24) is 0 Å². The zero-order valence-electron chi connectivity index (χ0n) is 13.3. The first kappa shape index (κ1) is 13.8. The highest BCUT2D eigenvalue weighted by Gasteiger charge is 2.08. The highest BCUT2D eigenvalue weighted by molar-refractivity contribution is 6.18. The Hall–Kier alpha value is -2.86. The molecular weight excluding hydrogens is 276 g/mol. The predicted octanol–water partition coefficient (Wildman–Crippen LogP) is 6.74. The van der Waals surface area contributed by atoms with Crippen molar-refractivity contribution in [2.45, 2.75) is 6.92 Å². The topological polar surface area (TPSA) is 0 Å². The largest absolute Gasteiger partial charge is 0.0984 e. The molecule has 0 N–H and O–H groups in total. The molecule has 0 spiro atoms. The van der Waals surface area contributed by atoms with E-state index in [0.29, 0.717) is 0 Å². The minimum absolute atomic E-state index is 1.13. The Morgan fingerprint density at radius 3 is 2.04 bits per heavy atom. The van der Waals surface area contributed by atoms with Crippen molar-refractivity contribution in [2.24, 2.45) is 0 Å². The molecule has 0 radical (unpaired) electrons. The van der Waals surface area contributed by atoms with Gasteiger partial charge in [0.15, 0.2) is 0 Å². The van der Waals surface area contributed by atoms with E-state index in [9.17, 15) is 0 Å². The van der Waals surface area contributed by atoms with Gasteiger partial charge < -0.3 is 0 Å². The minimum Gasteiger partial charge on any atom is -0.0984 e. The van der Waals surface area contributed by atoms with Gasteiger partial charge in [-0.15, -0.1) is 0 Å². The summed E-state index contributed by atoms with van der Waals surface area (Å²) in [5.74, 6) is 0. The smallest absolute Gasteiger partial charge is 0.00987 e. The van der Waals surface area contributed by atoms with Gasteiger partial charge in [0.25, 0.3) is 0 Å². The summed E-state index contributed by atoms with van der Waals surface area (Å²) < 4.78 is 0. The van der Waals surface area contributed by atoms with Gasteiger partial charge in [-0.2, -0.15) is 0 Å². The maximum atomic E-state index is 3.98. The van der Waals surface area contributed by atoms with E-state index in [1.165, 1.54) is 37.9 Å². The lowest BCUT2D eigenvalue weighted by atomic mass is 9.92. The van der Waals surface area contributed by atoms with E-state index in [4.69, 9.17) is 0 Å². The van der Waals surface area contributed by atoms with Crippen LogP contribution in [0.5, 0.6) is 0 Å². The molecule has 0 amide bonds. The van der Waals surface area contributed by atoms with Crippen LogP contribution in [0.15, 0.2) is 67.8 Å². The summed E-state index contributed by atoms with van der Waals surface area (Å²) in [5.41, 5.74) is 3.58. The van der Waals surface area contributed by atoms with Crippen LogP contribution < -0.4 is 0 Å². The summed E-state index contributed by atoms with van der Waals surface area (Å²) in [6.07, 6.45) is 3.82. The average Bonchev–Trinajstić information content (AvgIpc) is 2.59. The summed E-state index contributed by atoms with van der Waals surface area (Å²) in [6.45, 7) is 10.0. The second-order valence-corrected chi connectivity index (χ2v) is 6.02. The van der Waals surface area contributed by atoms with Crippen LogP contribution in [0.25, 0.3) is 44.5 Å². The zero-order valence-corrected chi connectivity index (χ0v) is 13.3. The van der Waals surface area contributed by atoms with E-state index >= 15 is 0 Å². The van der Waals surface area contributed by atoms with E-state index in [0.717, 1.165) is 11.1 Å². The third-order valence-electron chi connectivity index (χ3n) is 4.67. The average molecular weight is 294 g/mol. The Labute approximate surface area is 136 Å². The molecule has 0 unspecified atom stereocenters. The van der Waals surface area contributed by atoms with Crippen molar-refractivity contribution in [2.75, 3.05) is 0 Å². The molecule has 23 heavy (non-hydrogen) atoms. The lowest BCUT2D eigenvalue weighted by molar-refractivity contribution is 1.51. The summed E-state index contributed by atoms with van der Waals surface area (Å²) in [4.78, 5) is 0. The first-order chi connectivity index (χ1) is 11.2. The molecule has 0 aliphatic carbocycles. The summed E-state index contributed by atoms with van der Waals surface area (Å²) in [7, 11) is 0. The molecule has 0 fully saturated rings. The van der Waals surface area contributed by atoms with Crippen LogP contribution >= 0.6 is 0 Å². The van der Waals surface area contributed by atoms with Gasteiger partial charge in [0.1, 0.15) is 0 Å². The van der Waals surface area contributed by atoms with Gasteiger partial charge in [-0.1, -0.05) is 85.5 Å². The van der Waals surface area contributed by atoms with Gasteiger partial charge in [0.2, 0.25) is 0 Å². The molecule has 0 saturated carbocycles. The van der Waals surface area contributed by atoms with Crippen molar-refractivity contribution < 1.29 is 0 Å². The quantitative estimate of drug-likeness (QED) is 0.359. The lowest BCUT2D eigenvalue weighted by Crippen LogP contribution is -1.87. The van der Waals surface area contributed by atoms with Crippen molar-refractivity contribution in [3.8, 4) is 0 Å². The van der Waals surface area contributed by atoms with E-state index in [1.807, 2.05) is 12.2 Å². The zero-order chi connectivity index (χ0) is 16.0. The third kappa shape index (κ3) is 1.99. The van der Waals surface area contributed by atoms with Gasteiger partial charge in [-0.25, -0.2) is 0 Å². The van der Waals surface area contributed by atoms with E-state index in [1.54, 1.807) is 0 Å². The molecular formula is C23H18. The second-order valence-electron chi connectivity index (χ2n) is 6.02. The number of rotatable bonds is 2. The fourth-order valence-corrected chi connectivity index (χ4v) is 3.51. The molecule has 0 aliphatic rings. The van der Waals surface area contributed by atoms with Crippen LogP contribution in [0.4, 0.5) is 0 Å². The predicted molar refractivity (Wildman–Crippen MR) is 104 cm³/mol. The van der Waals surface area contributed by atoms with Gasteiger partial charge in [0.05, 0.1) is 0 Å². The standard InChI is InChI=1S/C23H18/c1-4-16-8-10-20-19(18(16)5-2)12-13-22-21(20)11-9-17-7-6-15(3)14-23(17)22/h4-14H,1-2H2,3H3. The molecule has 110 valence electrons. The summed E-state index contributed by atoms with van der Waals surface area (Å²) >= 11 is 0. The number of hydrogen-bond acceptors (Lipinski definition) is 0. The highest BCUT2D eigenvalue weighted by Crippen LogP contribution is 2.34. The first-order valence-electron chi connectivity index (χ1n) is 7.86. The first-order valence-corrected chi connectivity index (χ1v) is 7.86. The second kappa shape index (κ2) is 5.10. The van der Waals surface area contributed by atoms with E-state index < -0.39 is 0 Å². The molecule has 0 saturated heterocycles. The summed E-state index contributed by atoms with van der Waals surface area (Å²) in [6, 6.07) is 19.9. The molecule has 0 aromatic heterocycles. The molecule has 0 bridgehead atoms. The molecule has 4 aromatic rings. The van der Waals surface area contributed by atoms with Crippen molar-refractivity contribution in [1.29, 1.82) is 0 Å². The monoisotopic (exact) mass is 294 g/mol. The minimum atomic E-state index is 1.13. The normalized spacial score (nSPS) is 11.2. The van der Waals surface area contributed by atoms with Crippen LogP contribution in [-0.4, -0.2) is 0 Å². The molecule has 0 heteroatoms. The van der Waals surface area contributed by atoms with Crippen LogP contribution in [0, 0.1) is 6.92 Å². The van der Waals surface area contributed by atoms with Gasteiger partial charge in [-0.05, 0) is 50.4 Å². The van der Waals surface area contributed by atoms with Crippen LogP contribution in [0.3, 0.4) is 0 Å². The highest BCUT2D eigenvalue weighted by atomic mass is 14.1. The Balaban J connectivity index is 2.21. The number of hydrogen-bond donors (Lipinski definition) is 0. The maximum Gasteiger partial charge on any atom is -0.00987 e. The summed E-state index contributed by atoms with van der Waals surface area (Å²) in [5, 5.41) is 7.70. The van der Waals surface area contributed by atoms with E-state index in [2.05, 4.69) is 74.7 Å². The number of benzene rings is 4. The molecule has 0 atom stereocenters. The molecule has 0 nitrogen and oxygen atoms in total. The van der Waals surface area contributed by atoms with Gasteiger partial charge in [0, 0.05) is 0 Å². The molecule has 0 aliphatic heterocycles. The van der Waals surface area contributed by atoms with Gasteiger partial charge >= 0.3 is 0 Å². The van der Waals surface area contributed by atoms with Crippen molar-refractivity contribution in [3.05, 3.63) is 84.4 Å². The molecule has 4 aromatic carbocycles. The maximum absolute atomic E-state index is 3.98. The van der Waals surface area contributed by atoms with Crippen LogP contribution in [-0.2, 0) is 0 Å². The van der Waals surface area contributed by atoms with E-state index in [-0.39, 0.29) is 0 Å². The molecule has 4 rings (SSSR count). The van der Waals surface area contributed by atoms with Crippen LogP contribution in [0.1, 0.15) is 16.7 Å². The van der Waals surface area contributed by atoms with Crippen LogP contribution in [0.2, 0.25) is 0 Å². The molecule has 0 heterocycles. The van der Waals surface area contributed by atoms with Gasteiger partial charge in [-0.3, -0.25) is 0 Å². The Morgan fingerprint density at radius 2 is 1.26 bits per heavy atom. The van der Waals surface area contributed by atoms with Crippen molar-refractivity contribution >= 4 is 44.5 Å². The Morgan fingerprint density at radius 1 is 0.652 bits per heavy atom. The Bertz CT molecular complexity index is 1100. The Kier molecular flexibility index (Phi) is 3.06. The fraction of sp³-hybridized carbons (Fsp3) is 0.0435. The lowest BCUT2D eigenvalue weighted by Gasteiger charge is -2.11. The fourth-order valence-electron chi connectivity index (χ4n) is 3.51. The van der Waals surface area contributed by atoms with Crippen molar-refractivity contribution in [3.63, 3.8) is 0 Å².